The van der Waals surface area contributed by atoms with Gasteiger partial charge in [-0.2, -0.15) is 0 Å². The van der Waals surface area contributed by atoms with Gasteiger partial charge in [0.1, 0.15) is 5.75 Å². The first kappa shape index (κ1) is 24.0. The van der Waals surface area contributed by atoms with Gasteiger partial charge in [0.2, 0.25) is 10.0 Å². The molecule has 0 atom stereocenters. The highest BCUT2D eigenvalue weighted by Gasteiger charge is 2.14. The molecule has 1 aromatic rings. The van der Waals surface area contributed by atoms with Crippen LogP contribution in [0.3, 0.4) is 0 Å². The number of hydrogen-bond acceptors (Lipinski definition) is 4. The molecule has 154 valence electrons. The minimum atomic E-state index is -3.10. The summed E-state index contributed by atoms with van der Waals surface area (Å²) in [6.45, 7) is 4.38. The maximum absolute atomic E-state index is 11.7. The van der Waals surface area contributed by atoms with Crippen LogP contribution in [-0.4, -0.2) is 64.8 Å². The molecule has 0 spiro atoms. The topological polar surface area (TPSA) is 83.0 Å². The van der Waals surface area contributed by atoms with E-state index in [-0.39, 0.29) is 29.7 Å². The summed E-state index contributed by atoms with van der Waals surface area (Å²) in [5, 5.41) is 6.51. The van der Waals surface area contributed by atoms with Crippen LogP contribution in [0, 0.1) is 0 Å². The van der Waals surface area contributed by atoms with Crippen LogP contribution in [0.15, 0.2) is 23.2 Å². The lowest BCUT2D eigenvalue weighted by Gasteiger charge is -2.17. The van der Waals surface area contributed by atoms with Gasteiger partial charge in [0.15, 0.2) is 5.96 Å². The molecule has 0 unspecified atom stereocenters. The molecule has 0 bridgehead atoms. The molecule has 27 heavy (non-hydrogen) atoms. The Bertz CT molecular complexity index is 725. The Morgan fingerprint density at radius 3 is 2.74 bits per heavy atom. The summed E-state index contributed by atoms with van der Waals surface area (Å²) < 4.78 is 30.3. The van der Waals surface area contributed by atoms with E-state index in [9.17, 15) is 8.42 Å². The highest BCUT2D eigenvalue weighted by Crippen LogP contribution is 2.25. The van der Waals surface area contributed by atoms with Gasteiger partial charge in [0.05, 0.1) is 12.4 Å². The molecule has 0 aliphatic carbocycles. The van der Waals surface area contributed by atoms with Gasteiger partial charge < -0.3 is 15.4 Å². The van der Waals surface area contributed by atoms with Crippen molar-refractivity contribution in [3.63, 3.8) is 0 Å². The van der Waals surface area contributed by atoms with Crippen LogP contribution in [0.1, 0.15) is 24.5 Å². The van der Waals surface area contributed by atoms with Crippen molar-refractivity contribution in [2.45, 2.75) is 26.2 Å². The van der Waals surface area contributed by atoms with E-state index in [0.717, 1.165) is 44.1 Å². The van der Waals surface area contributed by atoms with E-state index in [4.69, 9.17) is 4.74 Å². The molecule has 9 heteroatoms. The Morgan fingerprint density at radius 1 is 1.30 bits per heavy atom. The summed E-state index contributed by atoms with van der Waals surface area (Å²) >= 11 is 0. The lowest BCUT2D eigenvalue weighted by molar-refractivity contribution is 0.357. The Hall–Kier alpha value is -1.07. The molecule has 1 heterocycles. The number of benzene rings is 1. The minimum absolute atomic E-state index is 0. The van der Waals surface area contributed by atoms with Crippen LogP contribution in [-0.2, 0) is 22.9 Å². The fourth-order valence-electron chi connectivity index (χ4n) is 2.81. The summed E-state index contributed by atoms with van der Waals surface area (Å²) in [5.74, 6) is 1.87. The monoisotopic (exact) mass is 510 g/mol. The van der Waals surface area contributed by atoms with E-state index in [2.05, 4.69) is 27.8 Å². The summed E-state index contributed by atoms with van der Waals surface area (Å²) in [4.78, 5) is 4.20. The summed E-state index contributed by atoms with van der Waals surface area (Å²) in [6, 6.07) is 6.36. The minimum Gasteiger partial charge on any atom is -0.493 e. The number of ether oxygens (including phenoxy) is 1. The van der Waals surface area contributed by atoms with Gasteiger partial charge in [-0.15, -0.1) is 24.0 Å². The molecule has 0 fully saturated rings. The lowest BCUT2D eigenvalue weighted by atomic mass is 10.1. The standard InChI is InChI=1S/C18H30N4O3S.HI/c1-4-26(23,24)22(3)12-5-10-20-18(19-2)21-11-8-15-6-7-17-16(14-15)9-13-25-17;/h6-7,14H,4-5,8-13H2,1-3H3,(H2,19,20,21);1H. The van der Waals surface area contributed by atoms with Crippen LogP contribution < -0.4 is 15.4 Å². The number of sulfonamides is 1. The van der Waals surface area contributed by atoms with Crippen LogP contribution in [0.25, 0.3) is 0 Å². The van der Waals surface area contributed by atoms with E-state index >= 15 is 0 Å². The largest absolute Gasteiger partial charge is 0.493 e. The molecule has 1 aliphatic rings. The van der Waals surface area contributed by atoms with Crippen molar-refractivity contribution in [2.24, 2.45) is 4.99 Å². The molecule has 0 amide bonds. The fraction of sp³-hybridized carbons (Fsp3) is 0.611. The molecule has 2 N–H and O–H groups in total. The van der Waals surface area contributed by atoms with Gasteiger partial charge in [0, 0.05) is 40.2 Å². The van der Waals surface area contributed by atoms with Gasteiger partial charge in [0.25, 0.3) is 0 Å². The quantitative estimate of drug-likeness (QED) is 0.229. The van der Waals surface area contributed by atoms with Gasteiger partial charge in [-0.25, -0.2) is 12.7 Å². The van der Waals surface area contributed by atoms with Crippen LogP contribution in [0.4, 0.5) is 0 Å². The first-order valence-electron chi connectivity index (χ1n) is 9.09. The van der Waals surface area contributed by atoms with E-state index in [1.807, 2.05) is 6.07 Å². The Labute approximate surface area is 180 Å². The van der Waals surface area contributed by atoms with Crippen molar-refractivity contribution in [2.75, 3.05) is 46.1 Å². The zero-order chi connectivity index (χ0) is 19.0. The van der Waals surface area contributed by atoms with E-state index in [1.54, 1.807) is 21.0 Å². The first-order chi connectivity index (χ1) is 12.5. The van der Waals surface area contributed by atoms with Crippen LogP contribution in [0.2, 0.25) is 0 Å². The highest BCUT2D eigenvalue weighted by atomic mass is 127. The first-order valence-corrected chi connectivity index (χ1v) is 10.7. The third kappa shape index (κ3) is 7.46. The van der Waals surface area contributed by atoms with Crippen molar-refractivity contribution < 1.29 is 13.2 Å². The average Bonchev–Trinajstić information content (AvgIpc) is 3.11. The highest BCUT2D eigenvalue weighted by molar-refractivity contribution is 14.0. The van der Waals surface area contributed by atoms with Crippen molar-refractivity contribution in [3.8, 4) is 5.75 Å². The number of aliphatic imine (C=N–C) groups is 1. The molecule has 0 radical (unpaired) electrons. The second-order valence-corrected chi connectivity index (χ2v) is 8.66. The number of rotatable bonds is 9. The number of hydrogen-bond donors (Lipinski definition) is 2. The number of nitrogens with zero attached hydrogens (tertiary/aromatic N) is 2. The fourth-order valence-corrected chi connectivity index (χ4v) is 3.66. The molecular weight excluding hydrogens is 479 g/mol. The maximum Gasteiger partial charge on any atom is 0.213 e. The van der Waals surface area contributed by atoms with Gasteiger partial charge in [-0.1, -0.05) is 12.1 Å². The second-order valence-electron chi connectivity index (χ2n) is 6.29. The van der Waals surface area contributed by atoms with Crippen LogP contribution in [0.5, 0.6) is 5.75 Å². The summed E-state index contributed by atoms with van der Waals surface area (Å²) in [5.41, 5.74) is 2.57. The molecular formula is C18H31IN4O3S. The number of halogens is 1. The maximum atomic E-state index is 11.7. The van der Waals surface area contributed by atoms with E-state index in [0.29, 0.717) is 13.1 Å². The number of nitrogens with one attached hydrogen (secondary N) is 2. The Kier molecular flexibility index (Phi) is 10.4. The third-order valence-electron chi connectivity index (χ3n) is 4.47. The molecule has 1 aromatic carbocycles. The second kappa shape index (κ2) is 11.7. The lowest BCUT2D eigenvalue weighted by Crippen LogP contribution is -2.39. The van der Waals surface area contributed by atoms with Gasteiger partial charge in [-0.3, -0.25) is 4.99 Å². The average molecular weight is 510 g/mol. The summed E-state index contributed by atoms with van der Waals surface area (Å²) in [6.07, 6.45) is 2.62. The van der Waals surface area contributed by atoms with E-state index < -0.39 is 10.0 Å². The van der Waals surface area contributed by atoms with Crippen molar-refractivity contribution in [3.05, 3.63) is 29.3 Å². The Morgan fingerprint density at radius 2 is 2.04 bits per heavy atom. The normalized spacial score (nSPS) is 13.7. The molecule has 0 saturated carbocycles. The molecule has 0 aromatic heterocycles. The molecule has 0 saturated heterocycles. The van der Waals surface area contributed by atoms with Crippen molar-refractivity contribution in [1.29, 1.82) is 0 Å². The Balaban J connectivity index is 0.00000364. The number of fused-ring (bicyclic) bond motifs is 1. The van der Waals surface area contributed by atoms with Crippen LogP contribution >= 0.6 is 24.0 Å². The third-order valence-corrected chi connectivity index (χ3v) is 6.33. The molecule has 7 nitrogen and oxygen atoms in total. The molecule has 2 rings (SSSR count). The van der Waals surface area contributed by atoms with Crippen molar-refractivity contribution in [1.82, 2.24) is 14.9 Å². The van der Waals surface area contributed by atoms with Crippen molar-refractivity contribution >= 4 is 40.0 Å². The number of guanidine groups is 1. The predicted molar refractivity (Wildman–Crippen MR) is 121 cm³/mol. The molecule has 1 aliphatic heterocycles. The zero-order valence-corrected chi connectivity index (χ0v) is 19.5. The summed E-state index contributed by atoms with van der Waals surface area (Å²) in [7, 11) is 0.248. The smallest absolute Gasteiger partial charge is 0.213 e. The SMILES string of the molecule is CCS(=O)(=O)N(C)CCCNC(=NC)NCCc1ccc2c(c1)CCO2.I. The van der Waals surface area contributed by atoms with E-state index in [1.165, 1.54) is 15.4 Å². The van der Waals surface area contributed by atoms with Gasteiger partial charge >= 0.3 is 0 Å². The predicted octanol–water partition coefficient (Wildman–Crippen LogP) is 1.62. The van der Waals surface area contributed by atoms with Gasteiger partial charge in [-0.05, 0) is 37.0 Å². The zero-order valence-electron chi connectivity index (χ0n) is 16.3.